The van der Waals surface area contributed by atoms with E-state index in [0.29, 0.717) is 0 Å². The maximum absolute atomic E-state index is 2.25. The monoisotopic (exact) mass is 278 g/mol. The van der Waals surface area contributed by atoms with Crippen LogP contribution < -0.4 is 0 Å². The standard InChI is InChI=1S/C17H14SSi/c1-19-16-12-6-8-13-7-5-11-15(17(13)16)18-14-9-3-2-4-10-14/h2-12H,1H3. The second kappa shape index (κ2) is 5.64. The molecule has 0 radical (unpaired) electrons. The quantitative estimate of drug-likeness (QED) is 0.585. The van der Waals surface area contributed by atoms with Gasteiger partial charge in [0.1, 0.15) is 5.56 Å². The molecule has 0 aromatic heterocycles. The number of hydrogen-bond acceptors (Lipinski definition) is 1. The molecule has 2 aromatic rings. The van der Waals surface area contributed by atoms with Crippen molar-refractivity contribution in [2.45, 2.75) is 16.3 Å². The molecule has 2 heteroatoms. The fourth-order valence-electron chi connectivity index (χ4n) is 2.22. The second-order valence-electron chi connectivity index (χ2n) is 4.32. The van der Waals surface area contributed by atoms with E-state index in [-0.39, 0.29) is 0 Å². The maximum Gasteiger partial charge on any atom is 0.102 e. The summed E-state index contributed by atoms with van der Waals surface area (Å²) < 4.78 is 0. The fraction of sp³-hybridized carbons (Fsp3) is 0.0588. The fourth-order valence-corrected chi connectivity index (χ4v) is 4.12. The molecule has 1 aliphatic rings. The lowest BCUT2D eigenvalue weighted by molar-refractivity contribution is 1.33. The molecule has 0 bridgehead atoms. The highest BCUT2D eigenvalue weighted by molar-refractivity contribution is 7.99. The Balaban J connectivity index is 2.04. The van der Waals surface area contributed by atoms with E-state index in [1.165, 1.54) is 26.1 Å². The molecule has 19 heavy (non-hydrogen) atoms. The molecule has 0 heterocycles. The Bertz CT molecular complexity index is 642. The molecule has 2 aromatic carbocycles. The number of hydrogen-bond donors (Lipinski definition) is 0. The van der Waals surface area contributed by atoms with Gasteiger partial charge >= 0.3 is 0 Å². The summed E-state index contributed by atoms with van der Waals surface area (Å²) in [6.07, 6.45) is 6.61. The number of rotatable bonds is 2. The lowest BCUT2D eigenvalue weighted by atomic mass is 9.97. The van der Waals surface area contributed by atoms with Crippen molar-refractivity contribution in [3.63, 3.8) is 0 Å². The van der Waals surface area contributed by atoms with Crippen LogP contribution in [0.4, 0.5) is 0 Å². The van der Waals surface area contributed by atoms with Crippen molar-refractivity contribution < 1.29 is 0 Å². The van der Waals surface area contributed by atoms with Crippen molar-refractivity contribution in [1.82, 2.24) is 0 Å². The third-order valence-corrected chi connectivity index (χ3v) is 5.13. The van der Waals surface area contributed by atoms with Crippen LogP contribution in [0.1, 0.15) is 11.1 Å². The molecule has 0 fully saturated rings. The Morgan fingerprint density at radius 2 is 1.84 bits per heavy atom. The zero-order valence-electron chi connectivity index (χ0n) is 10.8. The zero-order chi connectivity index (χ0) is 13.1. The van der Waals surface area contributed by atoms with Crippen molar-refractivity contribution in [2.24, 2.45) is 0 Å². The van der Waals surface area contributed by atoms with E-state index >= 15 is 0 Å². The van der Waals surface area contributed by atoms with Crippen molar-refractivity contribution >= 4 is 26.1 Å². The summed E-state index contributed by atoms with van der Waals surface area (Å²) in [5.74, 6) is 0. The summed E-state index contributed by atoms with van der Waals surface area (Å²) in [6, 6.07) is 17.2. The van der Waals surface area contributed by atoms with Gasteiger partial charge in [0, 0.05) is 29.0 Å². The topological polar surface area (TPSA) is 0 Å². The predicted octanol–water partition coefficient (Wildman–Crippen LogP) is 4.23. The number of benzene rings is 2. The van der Waals surface area contributed by atoms with Gasteiger partial charge in [-0.2, -0.15) is 0 Å². The Morgan fingerprint density at radius 3 is 2.63 bits per heavy atom. The van der Waals surface area contributed by atoms with Crippen LogP contribution in [0.2, 0.25) is 6.55 Å². The van der Waals surface area contributed by atoms with Gasteiger partial charge in [0.25, 0.3) is 0 Å². The average Bonchev–Trinajstić information content (AvgIpc) is 2.48. The summed E-state index contributed by atoms with van der Waals surface area (Å²) in [4.78, 5) is 2.65. The van der Waals surface area contributed by atoms with Gasteiger partial charge < -0.3 is 9.13 Å². The van der Waals surface area contributed by atoms with Crippen molar-refractivity contribution in [3.05, 3.63) is 78.2 Å². The van der Waals surface area contributed by atoms with Gasteiger partial charge in [-0.3, -0.25) is 0 Å². The Hall–Kier alpha value is -1.51. The Labute approximate surface area is 121 Å². The second-order valence-corrected chi connectivity index (χ2v) is 6.48. The highest BCUT2D eigenvalue weighted by Gasteiger charge is 2.17. The first-order valence-corrected chi connectivity index (χ1v) is 8.62. The molecule has 0 unspecified atom stereocenters. The summed E-state index contributed by atoms with van der Waals surface area (Å²) in [5, 5.41) is 1.46. The predicted molar refractivity (Wildman–Crippen MR) is 85.3 cm³/mol. The molecule has 0 nitrogen and oxygen atoms in total. The highest BCUT2D eigenvalue weighted by atomic mass is 32.2. The lowest BCUT2D eigenvalue weighted by Crippen LogP contribution is -2.10. The molecule has 1 aliphatic carbocycles. The van der Waals surface area contributed by atoms with E-state index in [9.17, 15) is 0 Å². The van der Waals surface area contributed by atoms with Crippen LogP contribution >= 0.6 is 11.8 Å². The molecule has 3 rings (SSSR count). The molecular formula is C17H14SSi. The molecule has 0 spiro atoms. The molecule has 0 amide bonds. The van der Waals surface area contributed by atoms with Gasteiger partial charge in [-0.15, -0.1) is 5.17 Å². The molecule has 92 valence electrons. The average molecular weight is 278 g/mol. The summed E-state index contributed by atoms with van der Waals surface area (Å²) in [5.41, 5.74) is 2.76. The van der Waals surface area contributed by atoms with Gasteiger partial charge in [0.15, 0.2) is 0 Å². The highest BCUT2D eigenvalue weighted by Crippen LogP contribution is 2.34. The largest absolute Gasteiger partial charge is 0.411 e. The third-order valence-electron chi connectivity index (χ3n) is 3.11. The molecule has 0 aliphatic heterocycles. The minimum atomic E-state index is 0.828. The van der Waals surface area contributed by atoms with Crippen molar-refractivity contribution in [2.75, 3.05) is 0 Å². The zero-order valence-corrected chi connectivity index (χ0v) is 12.6. The van der Waals surface area contributed by atoms with Crippen LogP contribution in [0.3, 0.4) is 0 Å². The van der Waals surface area contributed by atoms with Gasteiger partial charge in [-0.25, -0.2) is 6.55 Å². The van der Waals surface area contributed by atoms with Gasteiger partial charge in [-0.05, 0) is 30.3 Å². The Kier molecular flexibility index (Phi) is 3.71. The molecule has 0 atom stereocenters. The minimum absolute atomic E-state index is 0.828. The minimum Gasteiger partial charge on any atom is -0.411 e. The summed E-state index contributed by atoms with van der Waals surface area (Å²) in [6.45, 7) is 2.25. The van der Waals surface area contributed by atoms with Gasteiger partial charge in [0.2, 0.25) is 0 Å². The Morgan fingerprint density at radius 1 is 1.00 bits per heavy atom. The van der Waals surface area contributed by atoms with E-state index < -0.39 is 0 Å². The molecular weight excluding hydrogens is 264 g/mol. The van der Waals surface area contributed by atoms with Crippen LogP contribution in [0.25, 0.3) is 0 Å². The number of allylic oxidation sites excluding steroid dienone is 2. The summed E-state index contributed by atoms with van der Waals surface area (Å²) >= 11 is 1.85. The van der Waals surface area contributed by atoms with Crippen molar-refractivity contribution in [3.8, 4) is 0 Å². The van der Waals surface area contributed by atoms with E-state index in [2.05, 4.69) is 73.7 Å². The van der Waals surface area contributed by atoms with E-state index in [4.69, 9.17) is 0 Å². The first-order valence-electron chi connectivity index (χ1n) is 6.31. The third kappa shape index (κ3) is 2.60. The molecule has 0 N–H and O–H groups in total. The van der Waals surface area contributed by atoms with Gasteiger partial charge in [-0.1, -0.05) is 30.0 Å². The summed E-state index contributed by atoms with van der Waals surface area (Å²) in [7, 11) is 0.828. The van der Waals surface area contributed by atoms with Crippen LogP contribution in [0, 0.1) is 6.42 Å². The van der Waals surface area contributed by atoms with E-state index in [1.54, 1.807) is 0 Å². The normalized spacial score (nSPS) is 15.1. The van der Waals surface area contributed by atoms with Crippen LogP contribution in [-0.2, 0) is 0 Å². The first kappa shape index (κ1) is 12.5. The van der Waals surface area contributed by atoms with E-state index in [0.717, 1.165) is 9.13 Å². The smallest absolute Gasteiger partial charge is 0.102 e. The van der Waals surface area contributed by atoms with Crippen LogP contribution in [0.5, 0.6) is 0 Å². The molecule has 0 saturated carbocycles. The van der Waals surface area contributed by atoms with Crippen molar-refractivity contribution in [1.29, 1.82) is 0 Å². The molecule has 0 saturated heterocycles. The SMILES string of the molecule is C[Si-]=C1C=C[CH+]c2cccc(Sc3ccccc3)c21. The number of fused-ring (bicyclic) bond motifs is 1. The maximum atomic E-state index is 2.25. The van der Waals surface area contributed by atoms with E-state index in [1.807, 2.05) is 11.8 Å². The lowest BCUT2D eigenvalue weighted by Gasteiger charge is -2.17. The van der Waals surface area contributed by atoms with Crippen LogP contribution in [-0.4, -0.2) is 14.3 Å². The first-order chi connectivity index (χ1) is 9.38. The van der Waals surface area contributed by atoms with Gasteiger partial charge in [0.05, 0.1) is 4.90 Å². The van der Waals surface area contributed by atoms with Crippen LogP contribution in [0.15, 0.2) is 70.5 Å².